The predicted octanol–water partition coefficient (Wildman–Crippen LogP) is 3.67. The molecule has 7 nitrogen and oxygen atoms in total. The molecule has 0 radical (unpaired) electrons. The summed E-state index contributed by atoms with van der Waals surface area (Å²) in [6.45, 7) is 3.18. The quantitative estimate of drug-likeness (QED) is 0.700. The molecule has 1 atom stereocenters. The molecule has 140 valence electrons. The first kappa shape index (κ1) is 17.3. The number of carbonyl (C=O) groups excluding carboxylic acids is 1. The predicted molar refractivity (Wildman–Crippen MR) is 97.6 cm³/mol. The number of piperidine rings is 1. The van der Waals surface area contributed by atoms with E-state index in [-0.39, 0.29) is 11.8 Å². The Morgan fingerprint density at radius 3 is 2.78 bits per heavy atom. The van der Waals surface area contributed by atoms with Crippen molar-refractivity contribution in [1.82, 2.24) is 15.2 Å². The maximum Gasteiger partial charge on any atom is 0.253 e. The third kappa shape index (κ3) is 3.45. The van der Waals surface area contributed by atoms with Crippen molar-refractivity contribution in [3.05, 3.63) is 53.5 Å². The lowest BCUT2D eigenvalue weighted by Gasteiger charge is -2.32. The zero-order chi connectivity index (χ0) is 18.8. The second-order valence-corrected chi connectivity index (χ2v) is 6.76. The molecule has 27 heavy (non-hydrogen) atoms. The number of ether oxygens (including phenoxy) is 1. The van der Waals surface area contributed by atoms with Crippen LogP contribution in [-0.4, -0.2) is 41.3 Å². The Morgan fingerprint density at radius 1 is 1.26 bits per heavy atom. The third-order valence-electron chi connectivity index (χ3n) is 4.91. The molecule has 1 saturated heterocycles. The number of hydrogen-bond acceptors (Lipinski definition) is 6. The fourth-order valence-corrected chi connectivity index (χ4v) is 3.51. The highest BCUT2D eigenvalue weighted by Gasteiger charge is 2.30. The van der Waals surface area contributed by atoms with Crippen LogP contribution in [0.15, 0.2) is 45.6 Å². The Bertz CT molecular complexity index is 929. The average Bonchev–Trinajstić information content (AvgIpc) is 3.36. The van der Waals surface area contributed by atoms with Crippen LogP contribution in [0.3, 0.4) is 0 Å². The lowest BCUT2D eigenvalue weighted by Crippen LogP contribution is -2.39. The van der Waals surface area contributed by atoms with E-state index in [2.05, 4.69) is 10.3 Å². The van der Waals surface area contributed by atoms with E-state index in [1.54, 1.807) is 37.6 Å². The minimum atomic E-state index is 0.0129. The first-order valence-electron chi connectivity index (χ1n) is 8.97. The van der Waals surface area contributed by atoms with Gasteiger partial charge in [-0.25, -0.2) is 0 Å². The molecule has 0 unspecified atom stereocenters. The zero-order valence-electron chi connectivity index (χ0n) is 15.3. The number of aryl methyl sites for hydroxylation is 1. The Balaban J connectivity index is 1.53. The summed E-state index contributed by atoms with van der Waals surface area (Å²) >= 11 is 0. The van der Waals surface area contributed by atoms with Gasteiger partial charge in [0.2, 0.25) is 0 Å². The molecule has 1 amide bonds. The first-order valence-corrected chi connectivity index (χ1v) is 8.97. The number of rotatable bonds is 4. The van der Waals surface area contributed by atoms with Gasteiger partial charge in [0.05, 0.1) is 24.6 Å². The Morgan fingerprint density at radius 2 is 2.07 bits per heavy atom. The maximum absolute atomic E-state index is 12.9. The number of amides is 1. The van der Waals surface area contributed by atoms with Gasteiger partial charge in [0, 0.05) is 30.6 Å². The molecule has 0 aliphatic carbocycles. The van der Waals surface area contributed by atoms with E-state index in [1.165, 1.54) is 0 Å². The van der Waals surface area contributed by atoms with Crippen molar-refractivity contribution in [3.8, 4) is 17.1 Å². The van der Waals surface area contributed by atoms with E-state index in [0.717, 1.165) is 42.2 Å². The summed E-state index contributed by atoms with van der Waals surface area (Å²) in [5.74, 6) is 2.21. The van der Waals surface area contributed by atoms with Gasteiger partial charge in [-0.1, -0.05) is 10.3 Å². The van der Waals surface area contributed by atoms with Crippen LogP contribution in [0.4, 0.5) is 0 Å². The molecule has 0 saturated carbocycles. The summed E-state index contributed by atoms with van der Waals surface area (Å²) in [6.07, 6.45) is 3.49. The fourth-order valence-electron chi connectivity index (χ4n) is 3.51. The number of hydrogen-bond donors (Lipinski definition) is 0. The summed E-state index contributed by atoms with van der Waals surface area (Å²) in [6, 6.07) is 9.05. The second-order valence-electron chi connectivity index (χ2n) is 6.76. The molecule has 4 rings (SSSR count). The number of methoxy groups -OCH3 is 1. The van der Waals surface area contributed by atoms with Crippen LogP contribution < -0.4 is 4.74 Å². The van der Waals surface area contributed by atoms with Gasteiger partial charge in [0.15, 0.2) is 11.5 Å². The second kappa shape index (κ2) is 7.26. The molecule has 1 aliphatic heterocycles. The number of carbonyl (C=O) groups is 1. The van der Waals surface area contributed by atoms with Crippen LogP contribution in [0.1, 0.15) is 40.6 Å². The van der Waals surface area contributed by atoms with Gasteiger partial charge >= 0.3 is 0 Å². The van der Waals surface area contributed by atoms with Crippen molar-refractivity contribution >= 4 is 5.91 Å². The van der Waals surface area contributed by atoms with Gasteiger partial charge in [-0.3, -0.25) is 4.79 Å². The normalized spacial score (nSPS) is 17.1. The van der Waals surface area contributed by atoms with Crippen molar-refractivity contribution < 1.29 is 18.6 Å². The van der Waals surface area contributed by atoms with Crippen molar-refractivity contribution in [3.63, 3.8) is 0 Å². The van der Waals surface area contributed by atoms with Crippen LogP contribution in [0.5, 0.6) is 5.75 Å². The number of likely N-dealkylation sites (tertiary alicyclic amines) is 1. The molecule has 1 aromatic carbocycles. The number of aromatic nitrogens is 2. The molecule has 1 fully saturated rings. The number of benzene rings is 1. The van der Waals surface area contributed by atoms with Crippen LogP contribution >= 0.6 is 0 Å². The molecule has 0 N–H and O–H groups in total. The SMILES string of the molecule is COc1ccc(C(=O)N2CCC[C@@H](c3oncc3-c3cc(C)no3)C2)cc1. The van der Waals surface area contributed by atoms with Crippen molar-refractivity contribution in [2.75, 3.05) is 20.2 Å². The molecule has 7 heteroatoms. The molecule has 3 heterocycles. The van der Waals surface area contributed by atoms with Gasteiger partial charge in [0.1, 0.15) is 5.75 Å². The monoisotopic (exact) mass is 367 g/mol. The minimum absolute atomic E-state index is 0.0129. The third-order valence-corrected chi connectivity index (χ3v) is 4.91. The van der Waals surface area contributed by atoms with E-state index in [9.17, 15) is 4.79 Å². The summed E-state index contributed by atoms with van der Waals surface area (Å²) in [5, 5.41) is 7.89. The van der Waals surface area contributed by atoms with Crippen molar-refractivity contribution in [2.24, 2.45) is 0 Å². The van der Waals surface area contributed by atoms with Crippen molar-refractivity contribution in [1.29, 1.82) is 0 Å². The van der Waals surface area contributed by atoms with Crippen LogP contribution in [-0.2, 0) is 0 Å². The molecule has 1 aliphatic rings. The van der Waals surface area contributed by atoms with E-state index < -0.39 is 0 Å². The van der Waals surface area contributed by atoms with E-state index in [1.807, 2.05) is 17.9 Å². The largest absolute Gasteiger partial charge is 0.497 e. The summed E-state index contributed by atoms with van der Waals surface area (Å²) in [4.78, 5) is 14.8. The summed E-state index contributed by atoms with van der Waals surface area (Å²) < 4.78 is 16.1. The molecule has 0 bridgehead atoms. The highest BCUT2D eigenvalue weighted by atomic mass is 16.5. The Kier molecular flexibility index (Phi) is 4.66. The smallest absolute Gasteiger partial charge is 0.253 e. The number of nitrogens with zero attached hydrogens (tertiary/aromatic N) is 3. The molecule has 3 aromatic rings. The fraction of sp³-hybridized carbons (Fsp3) is 0.350. The lowest BCUT2D eigenvalue weighted by molar-refractivity contribution is 0.0698. The van der Waals surface area contributed by atoms with E-state index in [4.69, 9.17) is 13.8 Å². The average molecular weight is 367 g/mol. The molecule has 0 spiro atoms. The van der Waals surface area contributed by atoms with Gasteiger partial charge in [0.25, 0.3) is 5.91 Å². The lowest BCUT2D eigenvalue weighted by atomic mass is 9.92. The molecular weight excluding hydrogens is 346 g/mol. The van der Waals surface area contributed by atoms with E-state index in [0.29, 0.717) is 17.9 Å². The topological polar surface area (TPSA) is 81.6 Å². The van der Waals surface area contributed by atoms with E-state index >= 15 is 0 Å². The van der Waals surface area contributed by atoms with Crippen LogP contribution in [0, 0.1) is 6.92 Å². The van der Waals surface area contributed by atoms with Crippen molar-refractivity contribution in [2.45, 2.75) is 25.7 Å². The van der Waals surface area contributed by atoms with Gasteiger partial charge in [-0.05, 0) is 44.0 Å². The summed E-state index contributed by atoms with van der Waals surface area (Å²) in [7, 11) is 1.61. The first-order chi connectivity index (χ1) is 13.2. The van der Waals surface area contributed by atoms with Crippen LogP contribution in [0.2, 0.25) is 0 Å². The maximum atomic E-state index is 12.9. The summed E-state index contributed by atoms with van der Waals surface area (Å²) in [5.41, 5.74) is 2.26. The highest BCUT2D eigenvalue weighted by Crippen LogP contribution is 2.35. The Labute approximate surface area is 156 Å². The van der Waals surface area contributed by atoms with Gasteiger partial charge in [-0.2, -0.15) is 0 Å². The van der Waals surface area contributed by atoms with Crippen LogP contribution in [0.25, 0.3) is 11.3 Å². The molecular formula is C20H21N3O4. The van der Waals surface area contributed by atoms with Gasteiger partial charge in [-0.15, -0.1) is 0 Å². The zero-order valence-corrected chi connectivity index (χ0v) is 15.3. The highest BCUT2D eigenvalue weighted by molar-refractivity contribution is 5.94. The minimum Gasteiger partial charge on any atom is -0.497 e. The van der Waals surface area contributed by atoms with Gasteiger partial charge < -0.3 is 18.7 Å². The Hall–Kier alpha value is -3.09. The standard InChI is InChI=1S/C20H21N3O4/c1-13-10-18(26-22-13)17-11-21-27-19(17)15-4-3-9-23(12-15)20(24)14-5-7-16(25-2)8-6-14/h5-8,10-11,15H,3-4,9,12H2,1-2H3/t15-/m1/s1. The molecule has 2 aromatic heterocycles.